The number of hydrogen-bond donors (Lipinski definition) is 5. The van der Waals surface area contributed by atoms with Crippen molar-refractivity contribution < 1.29 is 28.7 Å². The number of unbranched alkanes of at least 4 members (excludes halogenated alkanes) is 1. The minimum atomic E-state index is -1.32. The average Bonchev–Trinajstić information content (AvgIpc) is 3.65. The van der Waals surface area contributed by atoms with Crippen LogP contribution in [0, 0.1) is 0 Å². The molecule has 6 rings (SSSR count). The predicted molar refractivity (Wildman–Crippen MR) is 226 cm³/mol. The number of rotatable bonds is 18. The lowest BCUT2D eigenvalue weighted by Crippen LogP contribution is -2.63. The number of alkyl carbamates (subject to hydrolysis) is 1. The molecule has 5 aromatic rings. The Balaban J connectivity index is 1.11. The molecule has 1 aliphatic carbocycles. The molecule has 0 fully saturated rings. The number of nitrogens with one attached hydrogen (secondary N) is 5. The van der Waals surface area contributed by atoms with Gasteiger partial charge in [-0.3, -0.25) is 19.2 Å². The van der Waals surface area contributed by atoms with Gasteiger partial charge in [-0.1, -0.05) is 146 Å². The molecule has 11 heteroatoms. The van der Waals surface area contributed by atoms with E-state index in [2.05, 4.69) is 26.6 Å². The highest BCUT2D eigenvalue weighted by Crippen LogP contribution is 2.37. The van der Waals surface area contributed by atoms with Gasteiger partial charge in [-0.25, -0.2) is 4.79 Å². The van der Waals surface area contributed by atoms with Gasteiger partial charge in [0.15, 0.2) is 0 Å². The summed E-state index contributed by atoms with van der Waals surface area (Å²) >= 11 is 0. The quantitative estimate of drug-likeness (QED) is 0.0554. The van der Waals surface area contributed by atoms with Gasteiger partial charge in [0.1, 0.15) is 23.7 Å². The maximum atomic E-state index is 14.2. The van der Waals surface area contributed by atoms with Crippen LogP contribution in [0.25, 0.3) is 0 Å². The average molecular weight is 794 g/mol. The van der Waals surface area contributed by atoms with Crippen LogP contribution in [0.1, 0.15) is 66.0 Å². The second-order valence-corrected chi connectivity index (χ2v) is 14.8. The molecule has 5 N–H and O–H groups in total. The topological polar surface area (TPSA) is 155 Å². The molecule has 0 heterocycles. The number of benzene rings is 5. The second-order valence-electron chi connectivity index (χ2n) is 14.8. The molecule has 1 aliphatic rings. The van der Waals surface area contributed by atoms with Gasteiger partial charge in [-0.05, 0) is 52.6 Å². The van der Waals surface area contributed by atoms with E-state index in [0.717, 1.165) is 33.4 Å². The van der Waals surface area contributed by atoms with Crippen LogP contribution >= 0.6 is 0 Å². The molecule has 0 aromatic heterocycles. The second kappa shape index (κ2) is 20.1. The summed E-state index contributed by atoms with van der Waals surface area (Å²) < 4.78 is 5.26. The normalized spacial score (nSPS) is 13.2. The van der Waals surface area contributed by atoms with Crippen molar-refractivity contribution in [3.05, 3.63) is 179 Å². The van der Waals surface area contributed by atoms with E-state index in [1.165, 1.54) is 6.92 Å². The largest absolute Gasteiger partial charge is 0.445 e. The zero-order valence-corrected chi connectivity index (χ0v) is 33.2. The van der Waals surface area contributed by atoms with Gasteiger partial charge in [0, 0.05) is 39.3 Å². The number of carbonyl (C=O) groups excluding carboxylic acids is 5. The van der Waals surface area contributed by atoms with E-state index in [0.29, 0.717) is 25.9 Å². The van der Waals surface area contributed by atoms with Crippen LogP contribution in [0.2, 0.25) is 0 Å². The summed E-state index contributed by atoms with van der Waals surface area (Å²) in [6, 6.07) is 45.1. The van der Waals surface area contributed by atoms with Crippen LogP contribution in [-0.4, -0.2) is 54.4 Å². The first-order chi connectivity index (χ1) is 28.7. The number of fused-ring (bicyclic) bond motifs is 1. The Morgan fingerprint density at radius 3 is 1.63 bits per heavy atom. The lowest BCUT2D eigenvalue weighted by atomic mass is 9.77. The highest BCUT2D eigenvalue weighted by molar-refractivity contribution is 5.96. The van der Waals surface area contributed by atoms with Crippen molar-refractivity contribution in [1.29, 1.82) is 0 Å². The lowest BCUT2D eigenvalue weighted by molar-refractivity contribution is -0.135. The molecule has 1 atom stereocenters. The maximum Gasteiger partial charge on any atom is 0.407 e. The SMILES string of the molecule is CC(=O)N[C@@H](CCC(=O)NC(c1ccccc1)(c1ccccc1)c1ccccc1)C(=O)NC1(C(=O)NCCCCNC(=O)OCc2ccccc2)Cc2ccccc2C1. The highest BCUT2D eigenvalue weighted by Gasteiger charge is 2.46. The third kappa shape index (κ3) is 10.8. The van der Waals surface area contributed by atoms with Crippen LogP contribution in [0.5, 0.6) is 0 Å². The van der Waals surface area contributed by atoms with Crippen LogP contribution in [0.4, 0.5) is 4.79 Å². The third-order valence-corrected chi connectivity index (χ3v) is 10.6. The molecule has 0 bridgehead atoms. The van der Waals surface area contributed by atoms with E-state index in [9.17, 15) is 24.0 Å². The Kier molecular flexibility index (Phi) is 14.3. The Morgan fingerprint density at radius 2 is 1.12 bits per heavy atom. The lowest BCUT2D eigenvalue weighted by Gasteiger charge is -2.37. The van der Waals surface area contributed by atoms with Gasteiger partial charge in [-0.2, -0.15) is 0 Å². The summed E-state index contributed by atoms with van der Waals surface area (Å²) in [5.41, 5.74) is 2.97. The van der Waals surface area contributed by atoms with Crippen molar-refractivity contribution in [3.8, 4) is 0 Å². The van der Waals surface area contributed by atoms with Crippen molar-refractivity contribution in [2.24, 2.45) is 0 Å². The minimum absolute atomic E-state index is 0.0167. The van der Waals surface area contributed by atoms with E-state index in [4.69, 9.17) is 4.74 Å². The Morgan fingerprint density at radius 1 is 0.644 bits per heavy atom. The zero-order chi connectivity index (χ0) is 41.5. The smallest absolute Gasteiger partial charge is 0.407 e. The molecule has 5 amide bonds. The fraction of sp³-hybridized carbons (Fsp3) is 0.271. The Hall–Kier alpha value is -6.75. The molecule has 0 aliphatic heterocycles. The number of hydrogen-bond acceptors (Lipinski definition) is 6. The highest BCUT2D eigenvalue weighted by atomic mass is 16.5. The van der Waals surface area contributed by atoms with Gasteiger partial charge in [0.25, 0.3) is 0 Å². The molecule has 59 heavy (non-hydrogen) atoms. The monoisotopic (exact) mass is 793 g/mol. The molecule has 0 radical (unpaired) electrons. The molecule has 0 saturated carbocycles. The van der Waals surface area contributed by atoms with Crippen molar-refractivity contribution in [3.63, 3.8) is 0 Å². The van der Waals surface area contributed by atoms with E-state index < -0.39 is 35.0 Å². The summed E-state index contributed by atoms with van der Waals surface area (Å²) in [5, 5.41) is 14.8. The summed E-state index contributed by atoms with van der Waals surface area (Å²) in [6.07, 6.45) is 1.05. The molecule has 0 saturated heterocycles. The summed E-state index contributed by atoms with van der Waals surface area (Å²) in [6.45, 7) is 2.17. The van der Waals surface area contributed by atoms with Crippen LogP contribution in [0.3, 0.4) is 0 Å². The van der Waals surface area contributed by atoms with E-state index in [-0.39, 0.29) is 44.1 Å². The first-order valence-corrected chi connectivity index (χ1v) is 20.0. The van der Waals surface area contributed by atoms with Gasteiger partial charge < -0.3 is 31.3 Å². The number of ether oxygens (including phenoxy) is 1. The standard InChI is InChI=1S/C48H51N5O6/c1-35(54)51-42(28-29-43(55)52-48(39-22-8-3-9-23-39,40-24-10-4-11-25-40)41-26-12-5-13-27-41)44(56)53-47(32-37-20-14-15-21-38(37)33-47)45(57)49-30-16-17-31-50-46(58)59-34-36-18-6-2-7-19-36/h2-15,18-27,42H,16-17,28-34H2,1H3,(H,49,57)(H,50,58)(H,51,54)(H,52,55)(H,53,56)/t42-/m0/s1. The van der Waals surface area contributed by atoms with Crippen LogP contribution < -0.4 is 26.6 Å². The van der Waals surface area contributed by atoms with Gasteiger partial charge >= 0.3 is 6.09 Å². The fourth-order valence-corrected chi connectivity index (χ4v) is 7.67. The Labute approximate surface area is 345 Å². The third-order valence-electron chi connectivity index (χ3n) is 10.6. The Bertz CT molecular complexity index is 2060. The van der Waals surface area contributed by atoms with Crippen LogP contribution in [-0.2, 0) is 48.9 Å². The molecule has 0 spiro atoms. The van der Waals surface area contributed by atoms with Crippen molar-refractivity contribution in [1.82, 2.24) is 26.6 Å². The molecule has 11 nitrogen and oxygen atoms in total. The maximum absolute atomic E-state index is 14.2. The van der Waals surface area contributed by atoms with Crippen molar-refractivity contribution in [2.45, 2.75) is 69.2 Å². The van der Waals surface area contributed by atoms with Gasteiger partial charge in [0.2, 0.25) is 23.6 Å². The predicted octanol–water partition coefficient (Wildman–Crippen LogP) is 5.86. The van der Waals surface area contributed by atoms with Gasteiger partial charge in [0.05, 0.1) is 0 Å². The summed E-state index contributed by atoms with van der Waals surface area (Å²) in [5.74, 6) is -1.68. The summed E-state index contributed by atoms with van der Waals surface area (Å²) in [4.78, 5) is 67.0. The van der Waals surface area contributed by atoms with Crippen LogP contribution in [0.15, 0.2) is 146 Å². The first kappa shape index (κ1) is 41.9. The molecular formula is C48H51N5O6. The molecule has 0 unspecified atom stereocenters. The van der Waals surface area contributed by atoms with E-state index in [1.54, 1.807) is 0 Å². The first-order valence-electron chi connectivity index (χ1n) is 20.0. The van der Waals surface area contributed by atoms with Crippen molar-refractivity contribution in [2.75, 3.05) is 13.1 Å². The number of carbonyl (C=O) groups is 5. The summed E-state index contributed by atoms with van der Waals surface area (Å²) in [7, 11) is 0. The molecular weight excluding hydrogens is 743 g/mol. The van der Waals surface area contributed by atoms with Gasteiger partial charge in [-0.15, -0.1) is 0 Å². The molecule has 5 aromatic carbocycles. The minimum Gasteiger partial charge on any atom is -0.445 e. The van der Waals surface area contributed by atoms with Crippen molar-refractivity contribution >= 4 is 29.7 Å². The fourth-order valence-electron chi connectivity index (χ4n) is 7.67. The van der Waals surface area contributed by atoms with E-state index >= 15 is 0 Å². The zero-order valence-electron chi connectivity index (χ0n) is 33.2. The molecule has 304 valence electrons. The van der Waals surface area contributed by atoms with E-state index in [1.807, 2.05) is 146 Å². The number of amides is 5.